The number of unbranched alkanes of at least 4 members (excludes halogenated alkanes) is 1. The lowest BCUT2D eigenvalue weighted by atomic mass is 10.3. The molecule has 0 heterocycles. The molecule has 0 atom stereocenters. The van der Waals surface area contributed by atoms with Gasteiger partial charge < -0.3 is 4.74 Å². The van der Waals surface area contributed by atoms with Crippen LogP contribution in [0, 0.1) is 0 Å². The molecule has 0 N–H and O–H groups in total. The molecule has 1 nitrogen and oxygen atoms in total. The number of rotatable bonds is 5. The van der Waals surface area contributed by atoms with Crippen LogP contribution >= 0.6 is 39.1 Å². The Kier molecular flexibility index (Phi) is 5.68. The Morgan fingerprint density at radius 3 is 2.71 bits per heavy atom. The van der Waals surface area contributed by atoms with Crippen LogP contribution in [0.4, 0.5) is 0 Å². The predicted octanol–water partition coefficient (Wildman–Crippen LogP) is 4.55. The molecule has 4 heteroatoms. The maximum atomic E-state index is 5.94. The van der Waals surface area contributed by atoms with Crippen molar-refractivity contribution < 1.29 is 4.74 Å². The van der Waals surface area contributed by atoms with Crippen LogP contribution < -0.4 is 4.74 Å². The lowest BCUT2D eigenvalue weighted by molar-refractivity contribution is 0.310. The van der Waals surface area contributed by atoms with Crippen LogP contribution in [0.15, 0.2) is 18.2 Å². The lowest BCUT2D eigenvalue weighted by Gasteiger charge is -2.07. The molecule has 0 radical (unpaired) electrons. The van der Waals surface area contributed by atoms with E-state index in [0.717, 1.165) is 18.2 Å². The summed E-state index contributed by atoms with van der Waals surface area (Å²) in [7, 11) is 0. The van der Waals surface area contributed by atoms with Gasteiger partial charge in [0.2, 0.25) is 0 Å². The highest BCUT2D eigenvalue weighted by Gasteiger charge is 2.04. The van der Waals surface area contributed by atoms with Crippen molar-refractivity contribution in [3.05, 3.63) is 28.2 Å². The fourth-order valence-electron chi connectivity index (χ4n) is 0.974. The second-order valence-corrected chi connectivity index (χ2v) is 4.37. The SMILES string of the molecule is Clc1cccc(OCCCCBr)c1Cl. The average molecular weight is 298 g/mol. The van der Waals surface area contributed by atoms with Crippen molar-refractivity contribution in [1.82, 2.24) is 0 Å². The monoisotopic (exact) mass is 296 g/mol. The molecule has 0 saturated carbocycles. The molecule has 0 bridgehead atoms. The molecule has 14 heavy (non-hydrogen) atoms. The summed E-state index contributed by atoms with van der Waals surface area (Å²) in [5, 5.41) is 2.03. The Morgan fingerprint density at radius 2 is 2.00 bits per heavy atom. The summed E-state index contributed by atoms with van der Waals surface area (Å²) in [4.78, 5) is 0. The highest BCUT2D eigenvalue weighted by atomic mass is 79.9. The maximum Gasteiger partial charge on any atom is 0.139 e. The number of hydrogen-bond donors (Lipinski definition) is 0. The molecule has 1 aromatic carbocycles. The minimum absolute atomic E-state index is 0.494. The van der Waals surface area contributed by atoms with Gasteiger partial charge >= 0.3 is 0 Å². The van der Waals surface area contributed by atoms with E-state index in [-0.39, 0.29) is 0 Å². The van der Waals surface area contributed by atoms with E-state index in [0.29, 0.717) is 22.4 Å². The van der Waals surface area contributed by atoms with Crippen LogP contribution in [0.5, 0.6) is 5.75 Å². The Hall–Kier alpha value is 0.0800. The van der Waals surface area contributed by atoms with Gasteiger partial charge in [-0.05, 0) is 25.0 Å². The molecule has 1 rings (SSSR count). The summed E-state index contributed by atoms with van der Waals surface area (Å²) >= 11 is 15.1. The van der Waals surface area contributed by atoms with Crippen LogP contribution in [-0.4, -0.2) is 11.9 Å². The van der Waals surface area contributed by atoms with E-state index in [1.54, 1.807) is 6.07 Å². The van der Waals surface area contributed by atoms with Crippen LogP contribution in [0.2, 0.25) is 10.0 Å². The van der Waals surface area contributed by atoms with Gasteiger partial charge in [0.25, 0.3) is 0 Å². The first-order valence-corrected chi connectivity index (χ1v) is 6.26. The van der Waals surface area contributed by atoms with E-state index in [2.05, 4.69) is 15.9 Å². The van der Waals surface area contributed by atoms with Gasteiger partial charge in [-0.3, -0.25) is 0 Å². The molecule has 0 aromatic heterocycles. The van der Waals surface area contributed by atoms with Crippen LogP contribution in [0.3, 0.4) is 0 Å². The lowest BCUT2D eigenvalue weighted by Crippen LogP contribution is -1.98. The number of benzene rings is 1. The fraction of sp³-hybridized carbons (Fsp3) is 0.400. The maximum absolute atomic E-state index is 5.94. The Morgan fingerprint density at radius 1 is 1.21 bits per heavy atom. The number of ether oxygens (including phenoxy) is 1. The van der Waals surface area contributed by atoms with Crippen LogP contribution in [0.1, 0.15) is 12.8 Å². The Balaban J connectivity index is 2.46. The van der Waals surface area contributed by atoms with E-state index in [1.165, 1.54) is 0 Å². The van der Waals surface area contributed by atoms with E-state index in [9.17, 15) is 0 Å². The number of halogens is 3. The average Bonchev–Trinajstić information content (AvgIpc) is 2.19. The summed E-state index contributed by atoms with van der Waals surface area (Å²) < 4.78 is 5.48. The number of hydrogen-bond acceptors (Lipinski definition) is 1. The van der Waals surface area contributed by atoms with Gasteiger partial charge in [0, 0.05) is 5.33 Å². The topological polar surface area (TPSA) is 9.23 Å². The Labute approximate surface area is 102 Å². The minimum atomic E-state index is 0.494. The van der Waals surface area contributed by atoms with Crippen molar-refractivity contribution in [1.29, 1.82) is 0 Å². The van der Waals surface area contributed by atoms with E-state index in [1.807, 2.05) is 12.1 Å². The van der Waals surface area contributed by atoms with Crippen molar-refractivity contribution in [3.63, 3.8) is 0 Å². The van der Waals surface area contributed by atoms with Gasteiger partial charge in [0.1, 0.15) is 10.8 Å². The zero-order chi connectivity index (χ0) is 10.4. The molecule has 0 unspecified atom stereocenters. The molecule has 0 spiro atoms. The standard InChI is InChI=1S/C10H11BrCl2O/c11-6-1-2-7-14-9-5-3-4-8(12)10(9)13/h3-5H,1-2,6-7H2. The van der Waals surface area contributed by atoms with Crippen molar-refractivity contribution in [2.75, 3.05) is 11.9 Å². The van der Waals surface area contributed by atoms with Gasteiger partial charge in [-0.25, -0.2) is 0 Å². The molecular formula is C10H11BrCl2O. The normalized spacial score (nSPS) is 10.2. The molecule has 78 valence electrons. The van der Waals surface area contributed by atoms with Gasteiger partial charge in [-0.2, -0.15) is 0 Å². The molecule has 1 aromatic rings. The van der Waals surface area contributed by atoms with Crippen molar-refractivity contribution in [2.45, 2.75) is 12.8 Å². The van der Waals surface area contributed by atoms with Crippen LogP contribution in [-0.2, 0) is 0 Å². The van der Waals surface area contributed by atoms with Crippen molar-refractivity contribution >= 4 is 39.1 Å². The third-order valence-corrected chi connectivity index (χ3v) is 3.06. The molecule has 0 amide bonds. The quantitative estimate of drug-likeness (QED) is 0.572. The van der Waals surface area contributed by atoms with Gasteiger partial charge in [-0.1, -0.05) is 45.2 Å². The fourth-order valence-corrected chi connectivity index (χ4v) is 1.72. The van der Waals surface area contributed by atoms with Gasteiger partial charge in [-0.15, -0.1) is 0 Å². The third-order valence-electron chi connectivity index (χ3n) is 1.70. The first-order chi connectivity index (χ1) is 6.75. The summed E-state index contributed by atoms with van der Waals surface area (Å²) in [6.07, 6.45) is 2.10. The molecule has 0 saturated heterocycles. The minimum Gasteiger partial charge on any atom is -0.492 e. The molecule has 0 fully saturated rings. The molecule has 0 aliphatic heterocycles. The van der Waals surface area contributed by atoms with Gasteiger partial charge in [0.15, 0.2) is 0 Å². The molecule has 0 aliphatic rings. The molecular weight excluding hydrogens is 287 g/mol. The summed E-state index contributed by atoms with van der Waals surface area (Å²) in [5.74, 6) is 0.661. The number of alkyl halides is 1. The Bertz CT molecular complexity index is 291. The van der Waals surface area contributed by atoms with E-state index in [4.69, 9.17) is 27.9 Å². The third kappa shape index (κ3) is 3.68. The smallest absolute Gasteiger partial charge is 0.139 e. The van der Waals surface area contributed by atoms with Crippen LogP contribution in [0.25, 0.3) is 0 Å². The van der Waals surface area contributed by atoms with Crippen molar-refractivity contribution in [2.24, 2.45) is 0 Å². The zero-order valence-corrected chi connectivity index (χ0v) is 10.7. The first kappa shape index (κ1) is 12.2. The van der Waals surface area contributed by atoms with E-state index >= 15 is 0 Å². The molecule has 0 aliphatic carbocycles. The van der Waals surface area contributed by atoms with Gasteiger partial charge in [0.05, 0.1) is 11.6 Å². The highest BCUT2D eigenvalue weighted by Crippen LogP contribution is 2.31. The second kappa shape index (κ2) is 6.54. The second-order valence-electron chi connectivity index (χ2n) is 2.80. The van der Waals surface area contributed by atoms with E-state index < -0.39 is 0 Å². The largest absolute Gasteiger partial charge is 0.492 e. The summed E-state index contributed by atoms with van der Waals surface area (Å²) in [6, 6.07) is 5.39. The summed E-state index contributed by atoms with van der Waals surface area (Å²) in [5.41, 5.74) is 0. The van der Waals surface area contributed by atoms with Crippen molar-refractivity contribution in [3.8, 4) is 5.75 Å². The zero-order valence-electron chi connectivity index (χ0n) is 7.60. The highest BCUT2D eigenvalue weighted by molar-refractivity contribution is 9.09. The first-order valence-electron chi connectivity index (χ1n) is 4.38. The summed E-state index contributed by atoms with van der Waals surface area (Å²) in [6.45, 7) is 0.672. The predicted molar refractivity (Wildman–Crippen MR) is 65.0 cm³/mol.